The molecule has 0 bridgehead atoms. The molecule has 1 aromatic carbocycles. The van der Waals surface area contributed by atoms with Crippen molar-refractivity contribution >= 4 is 11.6 Å². The van der Waals surface area contributed by atoms with Crippen LogP contribution >= 0.6 is 11.6 Å². The van der Waals surface area contributed by atoms with Crippen molar-refractivity contribution in [2.45, 2.75) is 38.5 Å². The number of aromatic hydroxyl groups is 1. The summed E-state index contributed by atoms with van der Waals surface area (Å²) < 4.78 is 0. The number of benzene rings is 1. The van der Waals surface area contributed by atoms with Crippen LogP contribution < -0.4 is 0 Å². The van der Waals surface area contributed by atoms with Gasteiger partial charge in [-0.3, -0.25) is 0 Å². The maximum Gasteiger partial charge on any atom is 0.117 e. The fraction of sp³-hybridized carbons (Fsp3) is 0.467. The molecule has 1 aliphatic carbocycles. The van der Waals surface area contributed by atoms with Crippen LogP contribution in [0.25, 0.3) is 0 Å². The molecule has 0 heterocycles. The van der Waals surface area contributed by atoms with Gasteiger partial charge in [0.25, 0.3) is 0 Å². The molecular formula is C15H17ClO. The van der Waals surface area contributed by atoms with E-state index in [1.807, 2.05) is 6.07 Å². The zero-order valence-corrected chi connectivity index (χ0v) is 11.2. The third-order valence-corrected chi connectivity index (χ3v) is 3.61. The summed E-state index contributed by atoms with van der Waals surface area (Å²) in [5.74, 6) is 3.68. The van der Waals surface area contributed by atoms with E-state index < -0.39 is 0 Å². The lowest BCUT2D eigenvalue weighted by Gasteiger charge is -2.24. The van der Waals surface area contributed by atoms with Crippen LogP contribution in [0.1, 0.15) is 44.2 Å². The van der Waals surface area contributed by atoms with E-state index >= 15 is 0 Å². The van der Waals surface area contributed by atoms with Gasteiger partial charge in [0.05, 0.1) is 0 Å². The van der Waals surface area contributed by atoms with Crippen molar-refractivity contribution in [2.75, 3.05) is 0 Å². The fourth-order valence-corrected chi connectivity index (χ4v) is 2.65. The van der Waals surface area contributed by atoms with Crippen molar-refractivity contribution in [3.05, 3.63) is 28.3 Å². The average Bonchev–Trinajstić information content (AvgIpc) is 2.94. The molecular weight excluding hydrogens is 232 g/mol. The van der Waals surface area contributed by atoms with Crippen LogP contribution in [-0.2, 0) is 5.41 Å². The summed E-state index contributed by atoms with van der Waals surface area (Å²) in [5, 5.41) is 10.3. The van der Waals surface area contributed by atoms with Crippen molar-refractivity contribution < 1.29 is 5.11 Å². The first-order valence-corrected chi connectivity index (χ1v) is 6.21. The predicted molar refractivity (Wildman–Crippen MR) is 71.5 cm³/mol. The molecule has 1 aliphatic rings. The first kappa shape index (κ1) is 12.3. The van der Waals surface area contributed by atoms with Crippen LogP contribution in [0.15, 0.2) is 12.1 Å². The third-order valence-electron chi connectivity index (χ3n) is 3.30. The summed E-state index contributed by atoms with van der Waals surface area (Å²) in [7, 11) is 0. The molecule has 1 fully saturated rings. The Labute approximate surface area is 108 Å². The van der Waals surface area contributed by atoms with E-state index in [0.717, 1.165) is 17.5 Å². The second-order valence-electron chi connectivity index (χ2n) is 5.75. The summed E-state index contributed by atoms with van der Waals surface area (Å²) in [5.41, 5.74) is 2.18. The first-order chi connectivity index (χ1) is 7.84. The molecule has 2 rings (SSSR count). The van der Waals surface area contributed by atoms with Crippen LogP contribution in [-0.4, -0.2) is 5.11 Å². The molecule has 1 N–H and O–H groups in total. The minimum atomic E-state index is -0.0422. The van der Waals surface area contributed by atoms with Crippen LogP contribution in [0.4, 0.5) is 0 Å². The Morgan fingerprint density at radius 2 is 2.06 bits per heavy atom. The van der Waals surface area contributed by atoms with E-state index in [2.05, 4.69) is 26.7 Å². The lowest BCUT2D eigenvalue weighted by Crippen LogP contribution is -2.14. The second-order valence-corrected chi connectivity index (χ2v) is 6.16. The van der Waals surface area contributed by atoms with Gasteiger partial charge in [-0.15, -0.1) is 12.3 Å². The van der Waals surface area contributed by atoms with E-state index in [1.54, 1.807) is 6.07 Å². The molecule has 0 aromatic heterocycles. The SMILES string of the molecule is C#CC1CC1c1c(Cl)cc(O)cc1C(C)(C)C. The Kier molecular flexibility index (Phi) is 2.87. The first-order valence-electron chi connectivity index (χ1n) is 5.83. The molecule has 1 aromatic rings. The Bertz CT molecular complexity index is 491. The molecule has 2 heteroatoms. The fourth-order valence-electron chi connectivity index (χ4n) is 2.30. The zero-order valence-electron chi connectivity index (χ0n) is 10.4. The molecule has 1 saturated carbocycles. The zero-order chi connectivity index (χ0) is 12.8. The molecule has 0 radical (unpaired) electrons. The van der Waals surface area contributed by atoms with E-state index in [-0.39, 0.29) is 11.2 Å². The van der Waals surface area contributed by atoms with Gasteiger partial charge >= 0.3 is 0 Å². The number of hydrogen-bond donors (Lipinski definition) is 1. The van der Waals surface area contributed by atoms with Gasteiger partial charge in [0, 0.05) is 16.9 Å². The largest absolute Gasteiger partial charge is 0.508 e. The van der Waals surface area contributed by atoms with Gasteiger partial charge in [-0.1, -0.05) is 32.4 Å². The molecule has 0 spiro atoms. The topological polar surface area (TPSA) is 20.2 Å². The molecule has 2 unspecified atom stereocenters. The van der Waals surface area contributed by atoms with Gasteiger partial charge < -0.3 is 5.11 Å². The number of rotatable bonds is 1. The summed E-state index contributed by atoms with van der Waals surface area (Å²) in [6, 6.07) is 3.42. The molecule has 0 saturated heterocycles. The molecule has 2 atom stereocenters. The van der Waals surface area contributed by atoms with Crippen LogP contribution in [0.5, 0.6) is 5.75 Å². The lowest BCUT2D eigenvalue weighted by molar-refractivity contribution is 0.470. The van der Waals surface area contributed by atoms with E-state index in [4.69, 9.17) is 18.0 Å². The minimum absolute atomic E-state index is 0.0422. The monoisotopic (exact) mass is 248 g/mol. The van der Waals surface area contributed by atoms with Crippen molar-refractivity contribution in [1.29, 1.82) is 0 Å². The van der Waals surface area contributed by atoms with Crippen LogP contribution in [0, 0.1) is 18.3 Å². The number of hydrogen-bond acceptors (Lipinski definition) is 1. The van der Waals surface area contributed by atoms with E-state index in [0.29, 0.717) is 16.9 Å². The summed E-state index contributed by atoms with van der Waals surface area (Å²) in [4.78, 5) is 0. The van der Waals surface area contributed by atoms with Gasteiger partial charge in [-0.2, -0.15) is 0 Å². The van der Waals surface area contributed by atoms with Crippen molar-refractivity contribution in [3.8, 4) is 18.1 Å². The molecule has 1 nitrogen and oxygen atoms in total. The van der Waals surface area contributed by atoms with Gasteiger partial charge in [-0.25, -0.2) is 0 Å². The average molecular weight is 249 g/mol. The maximum atomic E-state index is 9.68. The minimum Gasteiger partial charge on any atom is -0.508 e. The smallest absolute Gasteiger partial charge is 0.117 e. The maximum absolute atomic E-state index is 9.68. The van der Waals surface area contributed by atoms with Gasteiger partial charge in [0.15, 0.2) is 0 Å². The van der Waals surface area contributed by atoms with E-state index in [1.165, 1.54) is 0 Å². The quantitative estimate of drug-likeness (QED) is 0.743. The Hall–Kier alpha value is -1.13. The highest BCUT2D eigenvalue weighted by Gasteiger charge is 2.41. The highest BCUT2D eigenvalue weighted by molar-refractivity contribution is 6.31. The highest BCUT2D eigenvalue weighted by atomic mass is 35.5. The van der Waals surface area contributed by atoms with E-state index in [9.17, 15) is 5.11 Å². The van der Waals surface area contributed by atoms with Gasteiger partial charge in [0.1, 0.15) is 5.75 Å². The molecule has 0 amide bonds. The third kappa shape index (κ3) is 2.28. The number of terminal acetylenes is 1. The Morgan fingerprint density at radius 3 is 2.53 bits per heavy atom. The van der Waals surface area contributed by atoms with Crippen molar-refractivity contribution in [1.82, 2.24) is 0 Å². The predicted octanol–water partition coefficient (Wildman–Crippen LogP) is 4.08. The van der Waals surface area contributed by atoms with Crippen molar-refractivity contribution in [2.24, 2.45) is 5.92 Å². The standard InChI is InChI=1S/C15H17ClO/c1-5-9-6-11(9)14-12(15(2,3)4)7-10(17)8-13(14)16/h1,7-9,11,17H,6H2,2-4H3. The molecule has 17 heavy (non-hydrogen) atoms. The second kappa shape index (κ2) is 3.96. The van der Waals surface area contributed by atoms with Crippen LogP contribution in [0.3, 0.4) is 0 Å². The molecule has 90 valence electrons. The Balaban J connectivity index is 2.54. The van der Waals surface area contributed by atoms with Gasteiger partial charge in [-0.05, 0) is 35.1 Å². The number of halogens is 1. The highest BCUT2D eigenvalue weighted by Crippen LogP contribution is 2.52. The normalized spacial score (nSPS) is 23.2. The number of phenols is 1. The summed E-state index contributed by atoms with van der Waals surface area (Å²) >= 11 is 6.27. The number of phenolic OH excluding ortho intramolecular Hbond substituents is 1. The van der Waals surface area contributed by atoms with Gasteiger partial charge in [0.2, 0.25) is 0 Å². The summed E-state index contributed by atoms with van der Waals surface area (Å²) in [6.45, 7) is 6.36. The van der Waals surface area contributed by atoms with Crippen molar-refractivity contribution in [3.63, 3.8) is 0 Å². The summed E-state index contributed by atoms with van der Waals surface area (Å²) in [6.07, 6.45) is 6.46. The molecule has 0 aliphatic heterocycles. The Morgan fingerprint density at radius 1 is 1.41 bits per heavy atom. The van der Waals surface area contributed by atoms with Crippen LogP contribution in [0.2, 0.25) is 5.02 Å². The lowest BCUT2D eigenvalue weighted by atomic mass is 9.82.